The third kappa shape index (κ3) is 3.25. The Morgan fingerprint density at radius 3 is 2.17 bits per heavy atom. The summed E-state index contributed by atoms with van der Waals surface area (Å²) in [6.45, 7) is 8.92. The molecule has 0 radical (unpaired) electrons. The van der Waals surface area contributed by atoms with Crippen molar-refractivity contribution in [3.63, 3.8) is 0 Å². The maximum atomic E-state index is 11.6. The van der Waals surface area contributed by atoms with Gasteiger partial charge in [0.05, 0.1) is 5.92 Å². The third-order valence-corrected chi connectivity index (χ3v) is 3.38. The van der Waals surface area contributed by atoms with E-state index in [0.29, 0.717) is 0 Å². The van der Waals surface area contributed by atoms with Gasteiger partial charge in [-0.15, -0.1) is 0 Å². The third-order valence-electron chi connectivity index (χ3n) is 3.10. The predicted octanol–water partition coefficient (Wildman–Crippen LogP) is 2.81. The highest BCUT2D eigenvalue weighted by Gasteiger charge is 2.61. The molecule has 1 aliphatic carbocycles. The molecule has 1 fully saturated rings. The van der Waals surface area contributed by atoms with Crippen LogP contribution in [0.2, 0.25) is 0 Å². The summed E-state index contributed by atoms with van der Waals surface area (Å²) in [6, 6.07) is 0. The largest absolute Gasteiger partial charge is 0.481 e. The van der Waals surface area contributed by atoms with Crippen molar-refractivity contribution >= 4 is 23.5 Å². The highest BCUT2D eigenvalue weighted by atomic mass is 35.5. The van der Waals surface area contributed by atoms with E-state index in [0.717, 1.165) is 0 Å². The summed E-state index contributed by atoms with van der Waals surface area (Å²) in [5, 5.41) is 8.96. The zero-order chi connectivity index (χ0) is 14.3. The smallest absolute Gasteiger partial charge is 0.349 e. The van der Waals surface area contributed by atoms with Gasteiger partial charge < -0.3 is 9.84 Å². The molecule has 102 valence electrons. The first-order chi connectivity index (χ1) is 7.97. The molecule has 0 saturated heterocycles. The van der Waals surface area contributed by atoms with Crippen LogP contribution in [0.5, 0.6) is 0 Å². The summed E-state index contributed by atoms with van der Waals surface area (Å²) in [5.41, 5.74) is -0.982. The second kappa shape index (κ2) is 4.57. The van der Waals surface area contributed by atoms with E-state index in [9.17, 15) is 9.59 Å². The summed E-state index contributed by atoms with van der Waals surface area (Å²) < 4.78 is 5.11. The normalized spacial score (nSPS) is 26.7. The van der Waals surface area contributed by atoms with E-state index < -0.39 is 23.5 Å². The van der Waals surface area contributed by atoms with Crippen LogP contribution >= 0.6 is 11.6 Å². The maximum Gasteiger partial charge on any atom is 0.349 e. The summed E-state index contributed by atoms with van der Waals surface area (Å²) in [7, 11) is 0. The SMILES string of the molecule is CC(C)(C)OC(=O)/C(Cl)=C/C1C(C(=O)O)C1(C)C. The van der Waals surface area contributed by atoms with E-state index in [1.165, 1.54) is 6.08 Å². The van der Waals surface area contributed by atoms with Crippen molar-refractivity contribution in [2.24, 2.45) is 17.3 Å². The number of aliphatic carboxylic acids is 1. The van der Waals surface area contributed by atoms with Crippen LogP contribution in [-0.4, -0.2) is 22.6 Å². The number of carboxylic acid groups (broad SMARTS) is 1. The number of esters is 1. The van der Waals surface area contributed by atoms with Gasteiger partial charge in [-0.05, 0) is 32.1 Å². The summed E-state index contributed by atoms with van der Waals surface area (Å²) in [5.74, 6) is -2.20. The van der Waals surface area contributed by atoms with Crippen LogP contribution in [0, 0.1) is 17.3 Å². The number of carboxylic acids is 1. The molecule has 5 heteroatoms. The lowest BCUT2D eigenvalue weighted by molar-refractivity contribution is -0.149. The Labute approximate surface area is 112 Å². The fourth-order valence-corrected chi connectivity index (χ4v) is 2.19. The van der Waals surface area contributed by atoms with Gasteiger partial charge in [-0.1, -0.05) is 31.5 Å². The van der Waals surface area contributed by atoms with Crippen LogP contribution in [0.3, 0.4) is 0 Å². The van der Waals surface area contributed by atoms with Crippen molar-refractivity contribution in [1.82, 2.24) is 0 Å². The number of halogens is 1. The molecule has 1 aliphatic rings. The number of carbonyl (C=O) groups excluding carboxylic acids is 1. The first-order valence-corrected chi connectivity index (χ1v) is 6.18. The molecule has 0 amide bonds. The van der Waals surface area contributed by atoms with Crippen LogP contribution in [-0.2, 0) is 14.3 Å². The molecule has 1 rings (SSSR count). The molecule has 2 atom stereocenters. The highest BCUT2D eigenvalue weighted by molar-refractivity contribution is 6.41. The molecule has 0 aromatic heterocycles. The molecule has 0 aliphatic heterocycles. The first-order valence-electron chi connectivity index (χ1n) is 5.80. The average molecular weight is 275 g/mol. The predicted molar refractivity (Wildman–Crippen MR) is 68.2 cm³/mol. The minimum absolute atomic E-state index is 0.0493. The molecule has 2 unspecified atom stereocenters. The number of hydrogen-bond donors (Lipinski definition) is 1. The Balaban J connectivity index is 2.74. The lowest BCUT2D eigenvalue weighted by Gasteiger charge is -2.19. The monoisotopic (exact) mass is 274 g/mol. The van der Waals surface area contributed by atoms with Gasteiger partial charge in [0.15, 0.2) is 0 Å². The van der Waals surface area contributed by atoms with Gasteiger partial charge in [0.25, 0.3) is 0 Å². The van der Waals surface area contributed by atoms with Crippen molar-refractivity contribution in [1.29, 1.82) is 0 Å². The second-order valence-electron chi connectivity index (χ2n) is 6.18. The van der Waals surface area contributed by atoms with Gasteiger partial charge in [0.1, 0.15) is 10.6 Å². The van der Waals surface area contributed by atoms with Crippen molar-refractivity contribution in [3.05, 3.63) is 11.1 Å². The van der Waals surface area contributed by atoms with E-state index in [1.54, 1.807) is 20.8 Å². The minimum atomic E-state index is -0.866. The van der Waals surface area contributed by atoms with E-state index >= 15 is 0 Å². The quantitative estimate of drug-likeness (QED) is 0.635. The van der Waals surface area contributed by atoms with Crippen LogP contribution < -0.4 is 0 Å². The standard InChI is InChI=1S/C13H19ClO4/c1-12(2,3)18-11(17)8(14)6-7-9(10(15)16)13(7,4)5/h6-7,9H,1-5H3,(H,15,16)/b8-6-. The van der Waals surface area contributed by atoms with E-state index in [2.05, 4.69) is 0 Å². The van der Waals surface area contributed by atoms with Gasteiger partial charge in [-0.25, -0.2) is 4.79 Å². The number of allylic oxidation sites excluding steroid dienone is 1. The van der Waals surface area contributed by atoms with Gasteiger partial charge in [-0.3, -0.25) is 4.79 Å². The molecule has 0 heterocycles. The Hall–Kier alpha value is -1.03. The Kier molecular flexibility index (Phi) is 3.82. The molecular formula is C13H19ClO4. The topological polar surface area (TPSA) is 63.6 Å². The molecule has 0 aromatic rings. The molecule has 18 heavy (non-hydrogen) atoms. The minimum Gasteiger partial charge on any atom is -0.481 e. The van der Waals surface area contributed by atoms with E-state index in [-0.39, 0.29) is 16.4 Å². The summed E-state index contributed by atoms with van der Waals surface area (Å²) in [4.78, 5) is 22.6. The lowest BCUT2D eigenvalue weighted by atomic mass is 10.1. The van der Waals surface area contributed by atoms with Crippen molar-refractivity contribution in [2.75, 3.05) is 0 Å². The van der Waals surface area contributed by atoms with Crippen molar-refractivity contribution in [2.45, 2.75) is 40.2 Å². The Morgan fingerprint density at radius 2 is 1.83 bits per heavy atom. The molecule has 1 saturated carbocycles. The fourth-order valence-electron chi connectivity index (χ4n) is 2.01. The number of hydrogen-bond acceptors (Lipinski definition) is 3. The molecule has 0 spiro atoms. The lowest BCUT2D eigenvalue weighted by Crippen LogP contribution is -2.24. The molecule has 1 N–H and O–H groups in total. The van der Waals surface area contributed by atoms with Crippen LogP contribution in [0.25, 0.3) is 0 Å². The van der Waals surface area contributed by atoms with Gasteiger partial charge in [-0.2, -0.15) is 0 Å². The van der Waals surface area contributed by atoms with Gasteiger partial charge in [0.2, 0.25) is 0 Å². The van der Waals surface area contributed by atoms with Crippen molar-refractivity contribution in [3.8, 4) is 0 Å². The molecule has 0 bridgehead atoms. The van der Waals surface area contributed by atoms with Crippen LogP contribution in [0.15, 0.2) is 11.1 Å². The molecule has 0 aromatic carbocycles. The average Bonchev–Trinajstić information content (AvgIpc) is 2.64. The number of rotatable bonds is 3. The Bertz CT molecular complexity index is 404. The summed E-state index contributed by atoms with van der Waals surface area (Å²) >= 11 is 5.86. The first kappa shape index (κ1) is 15.0. The van der Waals surface area contributed by atoms with Crippen LogP contribution in [0.1, 0.15) is 34.6 Å². The number of ether oxygens (including phenoxy) is 1. The molecule has 4 nitrogen and oxygen atoms in total. The fraction of sp³-hybridized carbons (Fsp3) is 0.692. The zero-order valence-corrected chi connectivity index (χ0v) is 12.0. The van der Waals surface area contributed by atoms with Gasteiger partial charge >= 0.3 is 11.9 Å². The van der Waals surface area contributed by atoms with E-state index in [1.807, 2.05) is 13.8 Å². The van der Waals surface area contributed by atoms with E-state index in [4.69, 9.17) is 21.4 Å². The molecular weight excluding hydrogens is 256 g/mol. The summed E-state index contributed by atoms with van der Waals surface area (Å²) in [6.07, 6.45) is 1.49. The van der Waals surface area contributed by atoms with Crippen LogP contribution in [0.4, 0.5) is 0 Å². The van der Waals surface area contributed by atoms with Gasteiger partial charge in [0, 0.05) is 0 Å². The maximum absolute atomic E-state index is 11.6. The van der Waals surface area contributed by atoms with Crippen molar-refractivity contribution < 1.29 is 19.4 Å². The second-order valence-corrected chi connectivity index (χ2v) is 6.59. The zero-order valence-electron chi connectivity index (χ0n) is 11.3. The Morgan fingerprint density at radius 1 is 1.33 bits per heavy atom. The highest BCUT2D eigenvalue weighted by Crippen LogP contribution is 2.59. The number of carbonyl (C=O) groups is 2.